The van der Waals surface area contributed by atoms with E-state index in [9.17, 15) is 4.79 Å². The molecule has 2 N–H and O–H groups in total. The molecule has 0 atom stereocenters. The predicted molar refractivity (Wildman–Crippen MR) is 101 cm³/mol. The summed E-state index contributed by atoms with van der Waals surface area (Å²) in [5.74, 6) is 1.52. The van der Waals surface area contributed by atoms with Gasteiger partial charge < -0.3 is 15.2 Å². The number of aryl methyl sites for hydroxylation is 1. The standard InChI is InChI=1S/C18H16Cl2N4O2/c1-11-8-17(24-26-11)23-16-9-13(5-6-21-16)18(25)22-7-4-12-2-3-14(19)10-15(12)20/h2-3,5-6,8-10H,4,7H2,1H3,(H,22,25)(H,21,23,24). The molecule has 0 fully saturated rings. The van der Waals surface area contributed by atoms with Crippen molar-refractivity contribution in [3.05, 3.63) is 69.5 Å². The van der Waals surface area contributed by atoms with Crippen molar-refractivity contribution < 1.29 is 9.32 Å². The van der Waals surface area contributed by atoms with Crippen molar-refractivity contribution in [1.29, 1.82) is 0 Å². The zero-order chi connectivity index (χ0) is 18.5. The lowest BCUT2D eigenvalue weighted by Gasteiger charge is -2.08. The van der Waals surface area contributed by atoms with E-state index in [-0.39, 0.29) is 5.91 Å². The highest BCUT2D eigenvalue weighted by atomic mass is 35.5. The molecule has 0 radical (unpaired) electrons. The maximum atomic E-state index is 12.3. The Kier molecular flexibility index (Phi) is 5.75. The number of hydrogen-bond donors (Lipinski definition) is 2. The van der Waals surface area contributed by atoms with Gasteiger partial charge in [0.2, 0.25) is 0 Å². The van der Waals surface area contributed by atoms with E-state index in [1.54, 1.807) is 43.5 Å². The van der Waals surface area contributed by atoms with Crippen LogP contribution in [0.5, 0.6) is 0 Å². The van der Waals surface area contributed by atoms with Crippen LogP contribution >= 0.6 is 23.2 Å². The number of nitrogens with zero attached hydrogens (tertiary/aromatic N) is 2. The Morgan fingerprint density at radius 2 is 2.00 bits per heavy atom. The van der Waals surface area contributed by atoms with Gasteiger partial charge in [0, 0.05) is 34.4 Å². The fourth-order valence-electron chi connectivity index (χ4n) is 2.33. The van der Waals surface area contributed by atoms with Gasteiger partial charge >= 0.3 is 0 Å². The topological polar surface area (TPSA) is 80.0 Å². The van der Waals surface area contributed by atoms with Crippen LogP contribution in [0.4, 0.5) is 11.6 Å². The first kappa shape index (κ1) is 18.2. The Bertz CT molecular complexity index is 927. The lowest BCUT2D eigenvalue weighted by Crippen LogP contribution is -2.25. The molecule has 0 aliphatic carbocycles. The molecule has 8 heteroatoms. The minimum atomic E-state index is -0.197. The summed E-state index contributed by atoms with van der Waals surface area (Å²) < 4.78 is 4.99. The van der Waals surface area contributed by atoms with E-state index >= 15 is 0 Å². The Labute approximate surface area is 160 Å². The molecule has 26 heavy (non-hydrogen) atoms. The number of benzene rings is 1. The number of hydrogen-bond acceptors (Lipinski definition) is 5. The molecule has 1 amide bonds. The van der Waals surface area contributed by atoms with Crippen LogP contribution in [0.15, 0.2) is 47.1 Å². The van der Waals surface area contributed by atoms with Crippen LogP contribution in [0.2, 0.25) is 10.0 Å². The molecule has 3 rings (SSSR count). The molecule has 6 nitrogen and oxygen atoms in total. The highest BCUT2D eigenvalue weighted by molar-refractivity contribution is 6.35. The third-order valence-electron chi connectivity index (χ3n) is 3.60. The van der Waals surface area contributed by atoms with Crippen molar-refractivity contribution >= 4 is 40.7 Å². The van der Waals surface area contributed by atoms with E-state index < -0.39 is 0 Å². The van der Waals surface area contributed by atoms with Gasteiger partial charge in [-0.05, 0) is 43.2 Å². The zero-order valence-corrected chi connectivity index (χ0v) is 15.4. The molecule has 0 bridgehead atoms. The molecule has 0 spiro atoms. The first-order chi connectivity index (χ1) is 12.5. The maximum Gasteiger partial charge on any atom is 0.251 e. The highest BCUT2D eigenvalue weighted by Crippen LogP contribution is 2.21. The zero-order valence-electron chi connectivity index (χ0n) is 13.9. The van der Waals surface area contributed by atoms with Gasteiger partial charge in [0.25, 0.3) is 5.91 Å². The SMILES string of the molecule is Cc1cc(Nc2cc(C(=O)NCCc3ccc(Cl)cc3Cl)ccn2)no1. The van der Waals surface area contributed by atoms with Gasteiger partial charge in [-0.3, -0.25) is 4.79 Å². The van der Waals surface area contributed by atoms with Crippen LogP contribution < -0.4 is 10.6 Å². The van der Waals surface area contributed by atoms with Gasteiger partial charge in [0.1, 0.15) is 11.6 Å². The number of aromatic nitrogens is 2. The third kappa shape index (κ3) is 4.74. The highest BCUT2D eigenvalue weighted by Gasteiger charge is 2.09. The second-order valence-electron chi connectivity index (χ2n) is 5.62. The third-order valence-corrected chi connectivity index (χ3v) is 4.19. The van der Waals surface area contributed by atoms with Crippen molar-refractivity contribution in [3.8, 4) is 0 Å². The van der Waals surface area contributed by atoms with E-state index in [0.29, 0.717) is 46.0 Å². The van der Waals surface area contributed by atoms with E-state index in [1.165, 1.54) is 0 Å². The monoisotopic (exact) mass is 390 g/mol. The van der Waals surface area contributed by atoms with Gasteiger partial charge in [0.15, 0.2) is 5.82 Å². The molecule has 2 heterocycles. The molecule has 2 aromatic heterocycles. The van der Waals surface area contributed by atoms with Gasteiger partial charge in [-0.1, -0.05) is 34.4 Å². The lowest BCUT2D eigenvalue weighted by molar-refractivity contribution is 0.0954. The fraction of sp³-hybridized carbons (Fsp3) is 0.167. The maximum absolute atomic E-state index is 12.3. The number of rotatable bonds is 6. The summed E-state index contributed by atoms with van der Waals surface area (Å²) in [5, 5.41) is 10.9. The van der Waals surface area contributed by atoms with Crippen LogP contribution in [-0.4, -0.2) is 22.6 Å². The summed E-state index contributed by atoms with van der Waals surface area (Å²) >= 11 is 12.0. The van der Waals surface area contributed by atoms with Crippen LogP contribution in [0, 0.1) is 6.92 Å². The minimum absolute atomic E-state index is 0.197. The molecule has 134 valence electrons. The van der Waals surface area contributed by atoms with Gasteiger partial charge in [-0.2, -0.15) is 0 Å². The number of amides is 1. The van der Waals surface area contributed by atoms with Crippen LogP contribution in [0.3, 0.4) is 0 Å². The van der Waals surface area contributed by atoms with Crippen molar-refractivity contribution in [3.63, 3.8) is 0 Å². The summed E-state index contributed by atoms with van der Waals surface area (Å²) in [6, 6.07) is 10.3. The Morgan fingerprint density at radius 3 is 2.73 bits per heavy atom. The first-order valence-electron chi connectivity index (χ1n) is 7.90. The average Bonchev–Trinajstić information content (AvgIpc) is 3.02. The number of carbonyl (C=O) groups excluding carboxylic acids is 1. The number of pyridine rings is 1. The van der Waals surface area contributed by atoms with Crippen LogP contribution in [-0.2, 0) is 6.42 Å². The molecule has 0 aliphatic rings. The number of nitrogens with one attached hydrogen (secondary N) is 2. The van der Waals surface area contributed by atoms with E-state index in [1.807, 2.05) is 6.07 Å². The number of halogens is 2. The molecule has 3 aromatic rings. The summed E-state index contributed by atoms with van der Waals surface area (Å²) in [6.45, 7) is 2.25. The molecule has 1 aromatic carbocycles. The fourth-order valence-corrected chi connectivity index (χ4v) is 2.84. The summed E-state index contributed by atoms with van der Waals surface area (Å²) in [4.78, 5) is 16.5. The quantitative estimate of drug-likeness (QED) is 0.651. The summed E-state index contributed by atoms with van der Waals surface area (Å²) in [7, 11) is 0. The number of carbonyl (C=O) groups is 1. The van der Waals surface area contributed by atoms with Gasteiger partial charge in [-0.25, -0.2) is 4.98 Å². The predicted octanol–water partition coefficient (Wildman–Crippen LogP) is 4.40. The minimum Gasteiger partial charge on any atom is -0.360 e. The molecule has 0 saturated heterocycles. The van der Waals surface area contributed by atoms with Crippen molar-refractivity contribution in [2.45, 2.75) is 13.3 Å². The van der Waals surface area contributed by atoms with Crippen LogP contribution in [0.1, 0.15) is 21.7 Å². The largest absolute Gasteiger partial charge is 0.360 e. The van der Waals surface area contributed by atoms with Gasteiger partial charge in [0.05, 0.1) is 0 Å². The molecular weight excluding hydrogens is 375 g/mol. The molecular formula is C18H16Cl2N4O2. The smallest absolute Gasteiger partial charge is 0.251 e. The van der Waals surface area contributed by atoms with E-state index in [0.717, 1.165) is 5.56 Å². The van der Waals surface area contributed by atoms with Crippen molar-refractivity contribution in [1.82, 2.24) is 15.5 Å². The summed E-state index contributed by atoms with van der Waals surface area (Å²) in [5.41, 5.74) is 1.42. The molecule has 0 unspecified atom stereocenters. The Balaban J connectivity index is 1.58. The second kappa shape index (κ2) is 8.21. The van der Waals surface area contributed by atoms with Crippen molar-refractivity contribution in [2.75, 3.05) is 11.9 Å². The second-order valence-corrected chi connectivity index (χ2v) is 6.46. The normalized spacial score (nSPS) is 10.6. The van der Waals surface area contributed by atoms with Crippen molar-refractivity contribution in [2.24, 2.45) is 0 Å². The average molecular weight is 391 g/mol. The van der Waals surface area contributed by atoms with E-state index in [4.69, 9.17) is 27.7 Å². The van der Waals surface area contributed by atoms with Crippen LogP contribution in [0.25, 0.3) is 0 Å². The lowest BCUT2D eigenvalue weighted by atomic mass is 10.1. The summed E-state index contributed by atoms with van der Waals surface area (Å²) in [6.07, 6.45) is 2.16. The number of anilines is 2. The first-order valence-corrected chi connectivity index (χ1v) is 8.65. The Morgan fingerprint density at radius 1 is 1.15 bits per heavy atom. The molecule has 0 saturated carbocycles. The van der Waals surface area contributed by atoms with E-state index in [2.05, 4.69) is 20.8 Å². The van der Waals surface area contributed by atoms with Gasteiger partial charge in [-0.15, -0.1) is 0 Å². The Hall–Kier alpha value is -2.57. The molecule has 0 aliphatic heterocycles.